The highest BCUT2D eigenvalue weighted by Crippen LogP contribution is 2.42. The molecule has 1 aliphatic heterocycles. The number of methoxy groups -OCH3 is 1. The first-order valence-electron chi connectivity index (χ1n) is 12.8. The summed E-state index contributed by atoms with van der Waals surface area (Å²) in [5.74, 6) is 0.224. The molecule has 37 heavy (non-hydrogen) atoms. The molecule has 0 spiro atoms. The molecule has 1 amide bonds. The summed E-state index contributed by atoms with van der Waals surface area (Å²) in [5, 5.41) is 11.3. The van der Waals surface area contributed by atoms with Crippen LogP contribution in [0.25, 0.3) is 5.76 Å². The van der Waals surface area contributed by atoms with Crippen LogP contribution < -0.4 is 14.2 Å². The molecule has 1 fully saturated rings. The molecule has 1 atom stereocenters. The molecule has 1 unspecified atom stereocenters. The van der Waals surface area contributed by atoms with Crippen molar-refractivity contribution >= 4 is 17.4 Å². The molecule has 1 aliphatic rings. The van der Waals surface area contributed by atoms with Crippen molar-refractivity contribution < 1.29 is 28.9 Å². The van der Waals surface area contributed by atoms with E-state index in [1.165, 1.54) is 0 Å². The third-order valence-electron chi connectivity index (χ3n) is 6.25. The lowest BCUT2D eigenvalue weighted by molar-refractivity contribution is -0.139. The van der Waals surface area contributed by atoms with Crippen molar-refractivity contribution in [3.05, 3.63) is 59.2 Å². The summed E-state index contributed by atoms with van der Waals surface area (Å²) in [6, 6.07) is 11.4. The summed E-state index contributed by atoms with van der Waals surface area (Å²) in [6.45, 7) is 6.10. The highest BCUT2D eigenvalue weighted by atomic mass is 16.5. The van der Waals surface area contributed by atoms with Gasteiger partial charge in [-0.15, -0.1) is 0 Å². The predicted molar refractivity (Wildman–Crippen MR) is 143 cm³/mol. The van der Waals surface area contributed by atoms with E-state index in [2.05, 4.69) is 6.92 Å². The van der Waals surface area contributed by atoms with Crippen LogP contribution in [0.3, 0.4) is 0 Å². The van der Waals surface area contributed by atoms with Crippen molar-refractivity contribution in [1.82, 2.24) is 9.80 Å². The van der Waals surface area contributed by atoms with Crippen molar-refractivity contribution in [2.24, 2.45) is 0 Å². The number of rotatable bonds is 13. The van der Waals surface area contributed by atoms with Gasteiger partial charge in [0.1, 0.15) is 11.5 Å². The van der Waals surface area contributed by atoms with Gasteiger partial charge in [-0.25, -0.2) is 0 Å². The lowest BCUT2D eigenvalue weighted by Crippen LogP contribution is -2.32. The van der Waals surface area contributed by atoms with Crippen LogP contribution in [0.5, 0.6) is 17.2 Å². The summed E-state index contributed by atoms with van der Waals surface area (Å²) < 4.78 is 17.0. The fourth-order valence-electron chi connectivity index (χ4n) is 4.33. The van der Waals surface area contributed by atoms with Crippen LogP contribution in [-0.2, 0) is 9.59 Å². The van der Waals surface area contributed by atoms with E-state index >= 15 is 0 Å². The number of carbonyl (C=O) groups excluding carboxylic acids is 2. The van der Waals surface area contributed by atoms with Gasteiger partial charge in [-0.2, -0.15) is 0 Å². The summed E-state index contributed by atoms with van der Waals surface area (Å²) in [4.78, 5) is 30.1. The number of Topliss-reactive ketones (excluding diaryl/α,β-unsaturated/α-hetero) is 1. The van der Waals surface area contributed by atoms with Gasteiger partial charge in [0.05, 0.1) is 31.9 Å². The Hall–Kier alpha value is -3.52. The van der Waals surface area contributed by atoms with Gasteiger partial charge in [-0.05, 0) is 82.4 Å². The number of hydrogen-bond acceptors (Lipinski definition) is 7. The Balaban J connectivity index is 2.09. The number of amides is 1. The molecule has 1 heterocycles. The van der Waals surface area contributed by atoms with Crippen LogP contribution in [0.2, 0.25) is 0 Å². The average molecular weight is 511 g/mol. The molecule has 200 valence electrons. The maximum Gasteiger partial charge on any atom is 0.295 e. The molecule has 0 bridgehead atoms. The normalized spacial score (nSPS) is 16.9. The standard InChI is InChI=1S/C29H38N2O6/c1-6-8-18-37-23-15-12-21(19-24(23)36-7-2)26-25(27(32)20-10-13-22(35-5)14-11-20)28(33)29(34)31(26)17-9-16-30(3)4/h10-15,19,26,32H,6-9,16-18H2,1-5H3. The molecular formula is C29H38N2O6. The average Bonchev–Trinajstić information content (AvgIpc) is 3.14. The third-order valence-corrected chi connectivity index (χ3v) is 6.25. The Morgan fingerprint density at radius 3 is 2.35 bits per heavy atom. The Kier molecular flexibility index (Phi) is 9.97. The van der Waals surface area contributed by atoms with E-state index in [1.807, 2.05) is 44.1 Å². The number of unbranched alkanes of at least 4 members (excludes halogenated alkanes) is 1. The second kappa shape index (κ2) is 13.1. The highest BCUT2D eigenvalue weighted by molar-refractivity contribution is 6.46. The number of carbonyl (C=O) groups is 2. The molecular weight excluding hydrogens is 472 g/mol. The minimum absolute atomic E-state index is 0.0575. The van der Waals surface area contributed by atoms with Crippen molar-refractivity contribution in [3.63, 3.8) is 0 Å². The second-order valence-electron chi connectivity index (χ2n) is 9.22. The van der Waals surface area contributed by atoms with E-state index in [1.54, 1.807) is 36.3 Å². The molecule has 1 saturated heterocycles. The van der Waals surface area contributed by atoms with Gasteiger partial charge < -0.3 is 29.1 Å². The third kappa shape index (κ3) is 6.63. The van der Waals surface area contributed by atoms with Gasteiger partial charge in [-0.1, -0.05) is 19.4 Å². The Bertz CT molecular complexity index is 1110. The fraction of sp³-hybridized carbons (Fsp3) is 0.448. The van der Waals surface area contributed by atoms with E-state index in [-0.39, 0.29) is 11.3 Å². The second-order valence-corrected chi connectivity index (χ2v) is 9.22. The molecule has 2 aromatic rings. The SMILES string of the molecule is CCCCOc1ccc(C2C(=C(O)c3ccc(OC)cc3)C(=O)C(=O)N2CCCN(C)C)cc1OCC. The molecule has 3 rings (SSSR count). The van der Waals surface area contributed by atoms with E-state index in [9.17, 15) is 14.7 Å². The molecule has 8 nitrogen and oxygen atoms in total. The smallest absolute Gasteiger partial charge is 0.295 e. The number of ketones is 1. The lowest BCUT2D eigenvalue weighted by Gasteiger charge is -2.26. The van der Waals surface area contributed by atoms with Gasteiger partial charge in [0.2, 0.25) is 0 Å². The number of hydrogen-bond donors (Lipinski definition) is 1. The lowest BCUT2D eigenvalue weighted by atomic mass is 9.95. The summed E-state index contributed by atoms with van der Waals surface area (Å²) in [6.07, 6.45) is 2.60. The van der Waals surface area contributed by atoms with Gasteiger partial charge in [-0.3, -0.25) is 9.59 Å². The van der Waals surface area contributed by atoms with Crippen LogP contribution in [0.15, 0.2) is 48.0 Å². The van der Waals surface area contributed by atoms with Crippen molar-refractivity contribution in [2.75, 3.05) is 47.5 Å². The van der Waals surface area contributed by atoms with Crippen LogP contribution in [0.4, 0.5) is 0 Å². The number of likely N-dealkylation sites (tertiary alicyclic amines) is 1. The maximum absolute atomic E-state index is 13.3. The van der Waals surface area contributed by atoms with Crippen molar-refractivity contribution in [3.8, 4) is 17.2 Å². The molecule has 1 N–H and O–H groups in total. The number of ether oxygens (including phenoxy) is 3. The first-order valence-corrected chi connectivity index (χ1v) is 12.8. The Morgan fingerprint density at radius 1 is 1.00 bits per heavy atom. The first-order chi connectivity index (χ1) is 17.8. The summed E-state index contributed by atoms with van der Waals surface area (Å²) in [5.41, 5.74) is 1.16. The zero-order valence-electron chi connectivity index (χ0n) is 22.5. The quantitative estimate of drug-likeness (QED) is 0.182. The zero-order chi connectivity index (χ0) is 26.9. The Labute approximate surface area is 219 Å². The predicted octanol–water partition coefficient (Wildman–Crippen LogP) is 4.65. The number of benzene rings is 2. The monoisotopic (exact) mass is 510 g/mol. The topological polar surface area (TPSA) is 88.5 Å². The maximum atomic E-state index is 13.3. The van der Waals surface area contributed by atoms with E-state index in [4.69, 9.17) is 14.2 Å². The van der Waals surface area contributed by atoms with Crippen LogP contribution in [0.1, 0.15) is 50.3 Å². The van der Waals surface area contributed by atoms with Crippen molar-refractivity contribution in [2.45, 2.75) is 39.2 Å². The minimum Gasteiger partial charge on any atom is -0.507 e. The number of aliphatic hydroxyl groups excluding tert-OH is 1. The van der Waals surface area contributed by atoms with Gasteiger partial charge >= 0.3 is 0 Å². The molecule has 2 aromatic carbocycles. The molecule has 8 heteroatoms. The summed E-state index contributed by atoms with van der Waals surface area (Å²) in [7, 11) is 5.47. The van der Waals surface area contributed by atoms with E-state index in [0.717, 1.165) is 19.4 Å². The van der Waals surface area contributed by atoms with E-state index in [0.29, 0.717) is 54.6 Å². The minimum atomic E-state index is -0.756. The zero-order valence-corrected chi connectivity index (χ0v) is 22.5. The molecule has 0 saturated carbocycles. The van der Waals surface area contributed by atoms with Crippen LogP contribution in [0, 0.1) is 0 Å². The van der Waals surface area contributed by atoms with Crippen molar-refractivity contribution in [1.29, 1.82) is 0 Å². The van der Waals surface area contributed by atoms with Crippen LogP contribution in [-0.4, -0.2) is 74.1 Å². The molecule has 0 aliphatic carbocycles. The van der Waals surface area contributed by atoms with Gasteiger partial charge in [0, 0.05) is 12.1 Å². The fourth-order valence-corrected chi connectivity index (χ4v) is 4.33. The van der Waals surface area contributed by atoms with Gasteiger partial charge in [0.25, 0.3) is 11.7 Å². The Morgan fingerprint density at radius 2 is 1.73 bits per heavy atom. The van der Waals surface area contributed by atoms with Crippen LogP contribution >= 0.6 is 0 Å². The first kappa shape index (κ1) is 28.1. The van der Waals surface area contributed by atoms with E-state index < -0.39 is 17.7 Å². The number of nitrogens with zero attached hydrogens (tertiary/aromatic N) is 2. The van der Waals surface area contributed by atoms with Gasteiger partial charge in [0.15, 0.2) is 11.5 Å². The number of aliphatic hydroxyl groups is 1. The summed E-state index contributed by atoms with van der Waals surface area (Å²) >= 11 is 0. The highest BCUT2D eigenvalue weighted by Gasteiger charge is 2.46. The molecule has 0 radical (unpaired) electrons. The largest absolute Gasteiger partial charge is 0.507 e. The molecule has 0 aromatic heterocycles.